The largest absolute Gasteiger partial charge is 0.394 e. The molecule has 2 aliphatic rings. The molecule has 0 aliphatic carbocycles. The third-order valence-electron chi connectivity index (χ3n) is 4.13. The molecule has 0 bridgehead atoms. The maximum atomic E-state index is 10.5. The predicted octanol–water partition coefficient (Wildman–Crippen LogP) is -1.06. The zero-order chi connectivity index (χ0) is 16.8. The first-order valence-electron chi connectivity index (χ1n) is 7.27. The molecule has 130 valence electrons. The van der Waals surface area contributed by atoms with Gasteiger partial charge in [-0.1, -0.05) is 0 Å². The van der Waals surface area contributed by atoms with Crippen LogP contribution < -0.4 is 10.8 Å². The zero-order valence-electron chi connectivity index (χ0n) is 12.4. The molecule has 11 nitrogen and oxygen atoms in total. The Kier molecular flexibility index (Phi) is 4.01. The highest BCUT2D eigenvalue weighted by molar-refractivity contribution is 7.43. The number of hydrogen-bond donors (Lipinski definition) is 5. The van der Waals surface area contributed by atoms with Crippen LogP contribution >= 0.6 is 8.53 Å². The maximum absolute atomic E-state index is 10.5. The summed E-state index contributed by atoms with van der Waals surface area (Å²) < 4.78 is 14.4. The molecule has 0 amide bonds. The van der Waals surface area contributed by atoms with Crippen molar-refractivity contribution in [2.75, 3.05) is 11.9 Å². The van der Waals surface area contributed by atoms with Crippen LogP contribution in [0.25, 0.3) is 11.5 Å². The van der Waals surface area contributed by atoms with Crippen molar-refractivity contribution in [3.63, 3.8) is 0 Å². The van der Waals surface area contributed by atoms with Crippen molar-refractivity contribution in [1.29, 1.82) is 0 Å². The Morgan fingerprint density at radius 1 is 1.50 bits per heavy atom. The number of aromatic nitrogens is 4. The molecule has 2 aromatic heterocycles. The van der Waals surface area contributed by atoms with E-state index in [0.717, 1.165) is 0 Å². The lowest BCUT2D eigenvalue weighted by Crippen LogP contribution is -2.35. The molecule has 24 heavy (non-hydrogen) atoms. The maximum Gasteiger partial charge on any atom is 0.250 e. The van der Waals surface area contributed by atoms with Crippen molar-refractivity contribution < 1.29 is 24.4 Å². The molecule has 1 unspecified atom stereocenters. The van der Waals surface area contributed by atoms with Crippen LogP contribution in [0.15, 0.2) is 18.7 Å². The Bertz CT molecular complexity index is 735. The molecule has 2 aliphatic heterocycles. The minimum atomic E-state index is -2.19. The second-order valence-electron chi connectivity index (χ2n) is 5.52. The number of nitrogens with one attached hydrogen (secondary N) is 1. The van der Waals surface area contributed by atoms with E-state index in [0.29, 0.717) is 24.0 Å². The van der Waals surface area contributed by atoms with Crippen LogP contribution in [0.5, 0.6) is 0 Å². The molecular formula is C12H17N6O5P. The smallest absolute Gasteiger partial charge is 0.250 e. The van der Waals surface area contributed by atoms with E-state index >= 15 is 0 Å². The number of aliphatic hydroxyl groups excluding tert-OH is 2. The fourth-order valence-corrected chi connectivity index (χ4v) is 3.57. The minimum absolute atomic E-state index is 0.379. The number of aliphatic hydroxyl groups is 2. The zero-order valence-corrected chi connectivity index (χ0v) is 13.3. The number of ether oxygens (including phenoxy) is 1. The van der Waals surface area contributed by atoms with Crippen LogP contribution in [0.3, 0.4) is 0 Å². The van der Waals surface area contributed by atoms with Crippen LogP contribution in [-0.2, 0) is 15.9 Å². The van der Waals surface area contributed by atoms with E-state index in [1.54, 1.807) is 10.8 Å². The van der Waals surface area contributed by atoms with Gasteiger partial charge in [-0.05, 0) is 0 Å². The van der Waals surface area contributed by atoms with Crippen molar-refractivity contribution >= 4 is 14.3 Å². The van der Waals surface area contributed by atoms with E-state index in [1.165, 1.54) is 6.33 Å². The molecule has 1 saturated heterocycles. The fraction of sp³-hybridized carbons (Fsp3) is 0.500. The molecule has 4 rings (SSSR count). The van der Waals surface area contributed by atoms with Gasteiger partial charge in [-0.3, -0.25) is 10.1 Å². The predicted molar refractivity (Wildman–Crippen MR) is 82.3 cm³/mol. The van der Waals surface area contributed by atoms with Gasteiger partial charge in [-0.25, -0.2) is 9.97 Å². The van der Waals surface area contributed by atoms with Gasteiger partial charge in [0.05, 0.1) is 19.6 Å². The summed E-state index contributed by atoms with van der Waals surface area (Å²) in [7, 11) is -2.19. The van der Waals surface area contributed by atoms with Crippen LogP contribution in [0.4, 0.5) is 5.82 Å². The lowest BCUT2D eigenvalue weighted by molar-refractivity contribution is -0.0511. The van der Waals surface area contributed by atoms with Crippen LogP contribution in [0.2, 0.25) is 0 Å². The standard InChI is InChI=1S/C12H17N6O5P/c13-24(21)23-9-6(3-19)22-12(8(9)20)18-5-15-7-10-14-1-2-17(10)4-16-11(7)18/h1-2,5-6,8-9,12,16,19-21H,3-4,13H2/t6-,8-,9-,12-,24?/m1/s1. The number of hydrogen-bond acceptors (Lipinski definition) is 9. The van der Waals surface area contributed by atoms with Crippen molar-refractivity contribution in [3.8, 4) is 11.5 Å². The normalized spacial score (nSPS) is 29.8. The Morgan fingerprint density at radius 2 is 2.33 bits per heavy atom. The molecular weight excluding hydrogens is 339 g/mol. The molecule has 0 saturated carbocycles. The average Bonchev–Trinajstić information content (AvgIpc) is 3.24. The number of anilines is 1. The third-order valence-corrected chi connectivity index (χ3v) is 4.59. The number of fused-ring (bicyclic) bond motifs is 3. The molecule has 1 fully saturated rings. The van der Waals surface area contributed by atoms with Crippen molar-refractivity contribution in [2.45, 2.75) is 31.2 Å². The van der Waals surface area contributed by atoms with Gasteiger partial charge in [0, 0.05) is 12.4 Å². The summed E-state index contributed by atoms with van der Waals surface area (Å²) >= 11 is 0. The number of nitrogens with two attached hydrogens (primary N) is 1. The van der Waals surface area contributed by atoms with Gasteiger partial charge < -0.3 is 34.3 Å². The Balaban J connectivity index is 1.66. The van der Waals surface area contributed by atoms with Gasteiger partial charge in [0.15, 0.2) is 12.1 Å². The van der Waals surface area contributed by atoms with Gasteiger partial charge >= 0.3 is 0 Å². The average molecular weight is 356 g/mol. The molecule has 4 heterocycles. The summed E-state index contributed by atoms with van der Waals surface area (Å²) in [5.41, 5.74) is 5.91. The van der Waals surface area contributed by atoms with E-state index in [2.05, 4.69) is 15.3 Å². The first-order chi connectivity index (χ1) is 11.6. The van der Waals surface area contributed by atoms with Gasteiger partial charge in [0.25, 0.3) is 8.53 Å². The van der Waals surface area contributed by atoms with E-state index < -0.39 is 33.1 Å². The molecule has 12 heteroatoms. The first kappa shape index (κ1) is 15.9. The molecule has 6 N–H and O–H groups in total. The second kappa shape index (κ2) is 6.05. The summed E-state index contributed by atoms with van der Waals surface area (Å²) in [6.07, 6.45) is 1.32. The van der Waals surface area contributed by atoms with E-state index in [-0.39, 0.29) is 6.61 Å². The Hall–Kier alpha value is -1.59. The highest BCUT2D eigenvalue weighted by Gasteiger charge is 2.47. The van der Waals surface area contributed by atoms with Crippen molar-refractivity contribution in [3.05, 3.63) is 18.7 Å². The van der Waals surface area contributed by atoms with Gasteiger partial charge in [0.2, 0.25) is 0 Å². The van der Waals surface area contributed by atoms with E-state index in [9.17, 15) is 15.1 Å². The third kappa shape index (κ3) is 2.42. The lowest BCUT2D eigenvalue weighted by Gasteiger charge is -2.23. The monoisotopic (exact) mass is 356 g/mol. The van der Waals surface area contributed by atoms with Crippen LogP contribution in [0, 0.1) is 0 Å². The lowest BCUT2D eigenvalue weighted by atomic mass is 10.1. The second-order valence-corrected chi connectivity index (χ2v) is 6.33. The fourth-order valence-electron chi connectivity index (χ4n) is 3.06. The highest BCUT2D eigenvalue weighted by atomic mass is 31.2. The summed E-state index contributed by atoms with van der Waals surface area (Å²) in [6, 6.07) is 0. The first-order valence-corrected chi connectivity index (χ1v) is 8.55. The summed E-state index contributed by atoms with van der Waals surface area (Å²) in [5.74, 6) is 1.36. The summed E-state index contributed by atoms with van der Waals surface area (Å²) in [4.78, 5) is 17.9. The Labute approximate surface area is 137 Å². The highest BCUT2D eigenvalue weighted by Crippen LogP contribution is 2.40. The van der Waals surface area contributed by atoms with E-state index in [1.807, 2.05) is 10.8 Å². The van der Waals surface area contributed by atoms with Gasteiger partial charge in [-0.15, -0.1) is 0 Å². The topological polar surface area (TPSA) is 153 Å². The molecule has 0 spiro atoms. The van der Waals surface area contributed by atoms with Gasteiger partial charge in [0.1, 0.15) is 29.8 Å². The van der Waals surface area contributed by atoms with Crippen LogP contribution in [-0.4, -0.2) is 59.1 Å². The molecule has 5 atom stereocenters. The molecule has 0 radical (unpaired) electrons. The summed E-state index contributed by atoms with van der Waals surface area (Å²) in [6.45, 7) is 0.126. The van der Waals surface area contributed by atoms with Crippen LogP contribution in [0.1, 0.15) is 6.23 Å². The quantitative estimate of drug-likeness (QED) is 0.432. The number of nitrogens with zero attached hydrogens (tertiary/aromatic N) is 4. The molecule has 2 aromatic rings. The summed E-state index contributed by atoms with van der Waals surface area (Å²) in [5, 5.41) is 23.1. The van der Waals surface area contributed by atoms with Crippen molar-refractivity contribution in [2.24, 2.45) is 5.50 Å². The SMILES string of the molecule is NP(O)O[C@H]1[C@@H](O)[C@H](n2cnc3c2NCn2ccnc2-3)O[C@@H]1CO. The number of rotatable bonds is 4. The Morgan fingerprint density at radius 3 is 3.08 bits per heavy atom. The van der Waals surface area contributed by atoms with Gasteiger partial charge in [-0.2, -0.15) is 0 Å². The molecule has 0 aromatic carbocycles. The van der Waals surface area contributed by atoms with E-state index in [4.69, 9.17) is 14.8 Å². The van der Waals surface area contributed by atoms with Crippen molar-refractivity contribution in [1.82, 2.24) is 19.1 Å². The minimum Gasteiger partial charge on any atom is -0.394 e. The number of imidazole rings is 2.